The first-order valence-electron chi connectivity index (χ1n) is 9.79. The minimum Gasteiger partial charge on any atom is -0.406 e. The van der Waals surface area contributed by atoms with Crippen molar-refractivity contribution in [2.24, 2.45) is 0 Å². The van der Waals surface area contributed by atoms with Crippen LogP contribution in [0.25, 0.3) is 23.0 Å². The zero-order valence-electron chi connectivity index (χ0n) is 16.8. The number of nitrogens with zero attached hydrogens (tertiary/aromatic N) is 4. The van der Waals surface area contributed by atoms with Gasteiger partial charge in [-0.15, -0.1) is 13.2 Å². The van der Waals surface area contributed by atoms with Crippen molar-refractivity contribution in [1.82, 2.24) is 19.9 Å². The molecule has 0 amide bonds. The van der Waals surface area contributed by atoms with Crippen molar-refractivity contribution < 1.29 is 27.2 Å². The van der Waals surface area contributed by atoms with Crippen LogP contribution < -0.4 is 4.74 Å². The topological polar surface area (TPSA) is 75.2 Å². The lowest BCUT2D eigenvalue weighted by Crippen LogP contribution is -2.21. The molecule has 1 atom stereocenters. The van der Waals surface area contributed by atoms with Crippen molar-refractivity contribution in [2.75, 3.05) is 0 Å². The van der Waals surface area contributed by atoms with Gasteiger partial charge in [-0.1, -0.05) is 35.0 Å². The number of hydrogen-bond donors (Lipinski definition) is 0. The number of ether oxygens (including phenoxy) is 2. The van der Waals surface area contributed by atoms with Crippen LogP contribution in [0, 0.1) is 6.92 Å². The summed E-state index contributed by atoms with van der Waals surface area (Å²) in [6, 6.07) is 15.2. The zero-order valence-corrected chi connectivity index (χ0v) is 16.8. The third-order valence-corrected chi connectivity index (χ3v) is 5.07. The fourth-order valence-electron chi connectivity index (χ4n) is 3.46. The van der Waals surface area contributed by atoms with E-state index in [9.17, 15) is 13.2 Å². The molecule has 1 aliphatic heterocycles. The highest BCUT2D eigenvalue weighted by Crippen LogP contribution is 2.30. The van der Waals surface area contributed by atoms with Gasteiger partial charge in [-0.3, -0.25) is 4.68 Å². The first-order chi connectivity index (χ1) is 15.3. The average Bonchev–Trinajstić information content (AvgIpc) is 3.40. The molecular weight excluding hydrogens is 425 g/mol. The number of halogens is 3. The lowest BCUT2D eigenvalue weighted by atomic mass is 10.1. The van der Waals surface area contributed by atoms with Gasteiger partial charge in [0.15, 0.2) is 5.69 Å². The zero-order chi connectivity index (χ0) is 22.3. The molecule has 32 heavy (non-hydrogen) atoms. The SMILES string of the molecule is Cc1ccc([C@@H]2Cn3nc(-c4nc(-c5ccc(OC(F)(F)F)cc5)no4)cc3CO2)cc1. The predicted molar refractivity (Wildman–Crippen MR) is 106 cm³/mol. The summed E-state index contributed by atoms with van der Waals surface area (Å²) in [6.45, 7) is 2.99. The van der Waals surface area contributed by atoms with E-state index in [1.165, 1.54) is 29.8 Å². The highest BCUT2D eigenvalue weighted by Gasteiger charge is 2.31. The number of alkyl halides is 3. The Hall–Kier alpha value is -3.66. The molecule has 3 heterocycles. The van der Waals surface area contributed by atoms with E-state index in [-0.39, 0.29) is 23.6 Å². The van der Waals surface area contributed by atoms with E-state index in [1.807, 2.05) is 41.9 Å². The van der Waals surface area contributed by atoms with Crippen molar-refractivity contribution >= 4 is 0 Å². The Kier molecular flexibility index (Phi) is 4.93. The van der Waals surface area contributed by atoms with Crippen molar-refractivity contribution in [2.45, 2.75) is 32.5 Å². The molecule has 5 rings (SSSR count). The number of benzene rings is 2. The molecule has 2 aromatic carbocycles. The van der Waals surface area contributed by atoms with Gasteiger partial charge in [-0.25, -0.2) is 0 Å². The van der Waals surface area contributed by atoms with Crippen LogP contribution in [-0.2, 0) is 17.9 Å². The summed E-state index contributed by atoms with van der Waals surface area (Å²) in [7, 11) is 0. The smallest absolute Gasteiger partial charge is 0.406 e. The maximum atomic E-state index is 12.3. The standard InChI is InChI=1S/C22H17F3N4O3/c1-13-2-4-14(5-3-13)19-11-29-16(12-30-19)10-18(27-29)21-26-20(28-32-21)15-6-8-17(9-7-15)31-22(23,24)25/h2-10,19H,11-12H2,1H3/t19-/m0/s1. The van der Waals surface area contributed by atoms with E-state index in [4.69, 9.17) is 9.26 Å². The van der Waals surface area contributed by atoms with Crippen molar-refractivity contribution in [3.05, 3.63) is 71.4 Å². The highest BCUT2D eigenvalue weighted by molar-refractivity contribution is 5.59. The van der Waals surface area contributed by atoms with Gasteiger partial charge in [0, 0.05) is 5.56 Å². The first-order valence-corrected chi connectivity index (χ1v) is 9.79. The number of hydrogen-bond acceptors (Lipinski definition) is 6. The molecule has 0 aliphatic carbocycles. The van der Waals surface area contributed by atoms with Gasteiger partial charge >= 0.3 is 6.36 Å². The Bertz CT molecular complexity index is 1230. The molecule has 7 nitrogen and oxygen atoms in total. The fourth-order valence-corrected chi connectivity index (χ4v) is 3.46. The van der Waals surface area contributed by atoms with E-state index in [0.29, 0.717) is 24.4 Å². The van der Waals surface area contributed by atoms with E-state index in [0.717, 1.165) is 11.3 Å². The van der Waals surface area contributed by atoms with E-state index >= 15 is 0 Å². The highest BCUT2D eigenvalue weighted by atomic mass is 19.4. The van der Waals surface area contributed by atoms with Gasteiger partial charge in [0.25, 0.3) is 5.89 Å². The molecule has 0 N–H and O–H groups in total. The monoisotopic (exact) mass is 442 g/mol. The number of fused-ring (bicyclic) bond motifs is 1. The largest absolute Gasteiger partial charge is 0.573 e. The predicted octanol–water partition coefficient (Wildman–Crippen LogP) is 5.08. The molecule has 10 heteroatoms. The van der Waals surface area contributed by atoms with Crippen LogP contribution >= 0.6 is 0 Å². The summed E-state index contributed by atoms with van der Waals surface area (Å²) in [5.74, 6) is 0.123. The molecule has 0 radical (unpaired) electrons. The molecule has 4 aromatic rings. The number of aromatic nitrogens is 4. The quantitative estimate of drug-likeness (QED) is 0.439. The third kappa shape index (κ3) is 4.22. The maximum absolute atomic E-state index is 12.3. The number of aryl methyl sites for hydroxylation is 1. The van der Waals surface area contributed by atoms with Gasteiger partial charge < -0.3 is 14.0 Å². The minimum absolute atomic E-state index is 0.105. The van der Waals surface area contributed by atoms with Crippen LogP contribution in [-0.4, -0.2) is 26.3 Å². The van der Waals surface area contributed by atoms with Crippen molar-refractivity contribution in [3.63, 3.8) is 0 Å². The Balaban J connectivity index is 1.33. The Labute approximate surface area is 180 Å². The van der Waals surface area contributed by atoms with Gasteiger partial charge in [0.2, 0.25) is 5.82 Å². The molecule has 0 fully saturated rings. The molecule has 0 saturated heterocycles. The van der Waals surface area contributed by atoms with E-state index < -0.39 is 6.36 Å². The molecule has 1 aliphatic rings. The first kappa shape index (κ1) is 20.3. The molecule has 0 bridgehead atoms. The van der Waals surface area contributed by atoms with Crippen molar-refractivity contribution in [3.8, 4) is 28.7 Å². The van der Waals surface area contributed by atoms with Crippen molar-refractivity contribution in [1.29, 1.82) is 0 Å². The minimum atomic E-state index is -4.75. The van der Waals surface area contributed by atoms with E-state index in [1.54, 1.807) is 0 Å². The second-order valence-corrected chi connectivity index (χ2v) is 7.41. The fraction of sp³-hybridized carbons (Fsp3) is 0.227. The number of rotatable bonds is 4. The van der Waals surface area contributed by atoms with Gasteiger partial charge in [-0.05, 0) is 42.8 Å². The summed E-state index contributed by atoms with van der Waals surface area (Å²) < 4.78 is 54.0. The second kappa shape index (κ2) is 7.79. The molecule has 164 valence electrons. The molecule has 0 spiro atoms. The normalized spacial score (nSPS) is 16.1. The summed E-state index contributed by atoms with van der Waals surface area (Å²) >= 11 is 0. The van der Waals surface area contributed by atoms with Gasteiger partial charge in [0.1, 0.15) is 11.9 Å². The summed E-state index contributed by atoms with van der Waals surface area (Å²) in [6.07, 6.45) is -4.85. The molecular formula is C22H17F3N4O3. The van der Waals surface area contributed by atoms with Crippen LogP contribution in [0.1, 0.15) is 22.9 Å². The summed E-state index contributed by atoms with van der Waals surface area (Å²) in [4.78, 5) is 4.33. The third-order valence-electron chi connectivity index (χ3n) is 5.07. The molecule has 0 unspecified atom stereocenters. The summed E-state index contributed by atoms with van der Waals surface area (Å²) in [5.41, 5.74) is 4.14. The van der Waals surface area contributed by atoms with Gasteiger partial charge in [-0.2, -0.15) is 10.1 Å². The average molecular weight is 442 g/mol. The van der Waals surface area contributed by atoms with Crippen LogP contribution in [0.5, 0.6) is 5.75 Å². The molecule has 2 aromatic heterocycles. The van der Waals surface area contributed by atoms with Crippen LogP contribution in [0.2, 0.25) is 0 Å². The Morgan fingerprint density at radius 3 is 2.53 bits per heavy atom. The Morgan fingerprint density at radius 1 is 1.06 bits per heavy atom. The van der Waals surface area contributed by atoms with Crippen LogP contribution in [0.4, 0.5) is 13.2 Å². The summed E-state index contributed by atoms with van der Waals surface area (Å²) in [5, 5.41) is 8.49. The lowest BCUT2D eigenvalue weighted by molar-refractivity contribution is -0.274. The van der Waals surface area contributed by atoms with Gasteiger partial charge in [0.05, 0.1) is 18.8 Å². The molecule has 0 saturated carbocycles. The second-order valence-electron chi connectivity index (χ2n) is 7.41. The maximum Gasteiger partial charge on any atom is 0.573 e. The van der Waals surface area contributed by atoms with Crippen LogP contribution in [0.15, 0.2) is 59.1 Å². The Morgan fingerprint density at radius 2 is 1.81 bits per heavy atom. The lowest BCUT2D eigenvalue weighted by Gasteiger charge is -2.24. The van der Waals surface area contributed by atoms with Crippen LogP contribution in [0.3, 0.4) is 0 Å². The van der Waals surface area contributed by atoms with E-state index in [2.05, 4.69) is 20.0 Å².